The van der Waals surface area contributed by atoms with E-state index in [9.17, 15) is 4.79 Å². The van der Waals surface area contributed by atoms with E-state index in [4.69, 9.17) is 0 Å². The van der Waals surface area contributed by atoms with Gasteiger partial charge in [-0.05, 0) is 27.2 Å². The lowest BCUT2D eigenvalue weighted by molar-refractivity contribution is 0.182. The van der Waals surface area contributed by atoms with Crippen LogP contribution in [-0.2, 0) is 0 Å². The van der Waals surface area contributed by atoms with Crippen LogP contribution in [0.25, 0.3) is 0 Å². The van der Waals surface area contributed by atoms with Gasteiger partial charge in [0, 0.05) is 19.6 Å². The molecule has 0 saturated carbocycles. The second kappa shape index (κ2) is 4.69. The summed E-state index contributed by atoms with van der Waals surface area (Å²) in [5.74, 6) is 0. The predicted molar refractivity (Wildman–Crippen MR) is 62.9 cm³/mol. The average Bonchev–Trinajstić information content (AvgIpc) is 2.47. The minimum Gasteiger partial charge on any atom is -0.322 e. The summed E-state index contributed by atoms with van der Waals surface area (Å²) >= 11 is 0. The Morgan fingerprint density at radius 3 is 2.47 bits per heavy atom. The van der Waals surface area contributed by atoms with Crippen molar-refractivity contribution in [2.75, 3.05) is 19.6 Å². The molecule has 0 aromatic carbocycles. The van der Waals surface area contributed by atoms with Gasteiger partial charge >= 0.3 is 6.03 Å². The van der Waals surface area contributed by atoms with Crippen LogP contribution < -0.4 is 0 Å². The highest BCUT2D eigenvalue weighted by Gasteiger charge is 2.42. The number of carbonyl (C=O) groups is 1. The van der Waals surface area contributed by atoms with Crippen molar-refractivity contribution in [1.29, 1.82) is 0 Å². The quantitative estimate of drug-likeness (QED) is 0.654. The van der Waals surface area contributed by atoms with Gasteiger partial charge in [-0.1, -0.05) is 19.1 Å². The van der Waals surface area contributed by atoms with Crippen LogP contribution in [0.1, 0.15) is 34.1 Å². The van der Waals surface area contributed by atoms with E-state index in [1.807, 2.05) is 23.6 Å². The number of hydrogen-bond donors (Lipinski definition) is 0. The van der Waals surface area contributed by atoms with Crippen molar-refractivity contribution in [3.63, 3.8) is 0 Å². The van der Waals surface area contributed by atoms with Crippen molar-refractivity contribution in [3.05, 3.63) is 12.2 Å². The van der Waals surface area contributed by atoms with Crippen molar-refractivity contribution in [1.82, 2.24) is 9.80 Å². The molecule has 1 saturated heterocycles. The van der Waals surface area contributed by atoms with Crippen LogP contribution in [0.15, 0.2) is 12.2 Å². The molecule has 15 heavy (non-hydrogen) atoms. The van der Waals surface area contributed by atoms with E-state index in [0.29, 0.717) is 0 Å². The molecule has 3 heteroatoms. The van der Waals surface area contributed by atoms with Crippen LogP contribution in [-0.4, -0.2) is 41.0 Å². The Labute approximate surface area is 92.7 Å². The zero-order chi connectivity index (χ0) is 11.5. The topological polar surface area (TPSA) is 23.6 Å². The zero-order valence-corrected chi connectivity index (χ0v) is 10.3. The van der Waals surface area contributed by atoms with E-state index >= 15 is 0 Å². The molecule has 0 aliphatic carbocycles. The highest BCUT2D eigenvalue weighted by atomic mass is 16.2. The van der Waals surface area contributed by atoms with Crippen molar-refractivity contribution < 1.29 is 4.79 Å². The number of rotatable bonds is 4. The van der Waals surface area contributed by atoms with Gasteiger partial charge < -0.3 is 9.80 Å². The number of amides is 2. The third-order valence-electron chi connectivity index (χ3n) is 3.04. The molecule has 0 aromatic heterocycles. The highest BCUT2D eigenvalue weighted by Crippen LogP contribution is 2.27. The number of likely N-dealkylation sites (N-methyl/N-ethyl adjacent to an activating group) is 2. The molecule has 2 amide bonds. The van der Waals surface area contributed by atoms with E-state index in [1.54, 1.807) is 0 Å². The van der Waals surface area contributed by atoms with Crippen molar-refractivity contribution >= 4 is 6.03 Å². The van der Waals surface area contributed by atoms with Crippen molar-refractivity contribution in [2.24, 2.45) is 0 Å². The lowest BCUT2D eigenvalue weighted by atomic mass is 10.0. The molecule has 0 N–H and O–H groups in total. The molecular weight excluding hydrogens is 188 g/mol. The Morgan fingerprint density at radius 1 is 1.33 bits per heavy atom. The monoisotopic (exact) mass is 210 g/mol. The fourth-order valence-electron chi connectivity index (χ4n) is 2.19. The molecule has 1 unspecified atom stereocenters. The maximum atomic E-state index is 12.0. The van der Waals surface area contributed by atoms with Gasteiger partial charge in [-0.25, -0.2) is 4.79 Å². The summed E-state index contributed by atoms with van der Waals surface area (Å²) in [6.07, 6.45) is 5.34. The lowest BCUT2D eigenvalue weighted by Gasteiger charge is -2.29. The number of nitrogens with zero attached hydrogens (tertiary/aromatic N) is 2. The van der Waals surface area contributed by atoms with Crippen molar-refractivity contribution in [3.8, 4) is 0 Å². The standard InChI is InChI=1S/C12H22N2O/c1-5-8-9-12(4)10-13(6-2)11(15)14(12)7-3/h8-9H,5-7,10H2,1-4H3/b9-8+. The number of urea groups is 1. The first-order valence-corrected chi connectivity index (χ1v) is 5.83. The van der Waals surface area contributed by atoms with E-state index in [1.165, 1.54) is 0 Å². The predicted octanol–water partition coefficient (Wildman–Crippen LogP) is 2.49. The minimum atomic E-state index is -0.113. The van der Waals surface area contributed by atoms with Crippen LogP contribution in [0.4, 0.5) is 4.79 Å². The molecule has 0 aromatic rings. The van der Waals surface area contributed by atoms with Gasteiger partial charge in [0.15, 0.2) is 0 Å². The van der Waals surface area contributed by atoms with Gasteiger partial charge in [-0.15, -0.1) is 0 Å². The van der Waals surface area contributed by atoms with Gasteiger partial charge in [0.1, 0.15) is 0 Å². The Hall–Kier alpha value is -0.990. The van der Waals surface area contributed by atoms with E-state index in [-0.39, 0.29) is 11.6 Å². The summed E-state index contributed by atoms with van der Waals surface area (Å²) in [7, 11) is 0. The third-order valence-corrected chi connectivity index (χ3v) is 3.04. The Bertz CT molecular complexity index is 262. The summed E-state index contributed by atoms with van der Waals surface area (Å²) in [6.45, 7) is 10.7. The zero-order valence-electron chi connectivity index (χ0n) is 10.3. The molecule has 3 nitrogen and oxygen atoms in total. The first-order valence-electron chi connectivity index (χ1n) is 5.83. The lowest BCUT2D eigenvalue weighted by Crippen LogP contribution is -2.42. The van der Waals surface area contributed by atoms with E-state index < -0.39 is 0 Å². The van der Waals surface area contributed by atoms with Gasteiger partial charge in [0.25, 0.3) is 0 Å². The maximum Gasteiger partial charge on any atom is 0.320 e. The molecule has 1 fully saturated rings. The first-order chi connectivity index (χ1) is 7.09. The number of carbonyl (C=O) groups excluding carboxylic acids is 1. The highest BCUT2D eigenvalue weighted by molar-refractivity contribution is 5.78. The largest absolute Gasteiger partial charge is 0.322 e. The van der Waals surface area contributed by atoms with Crippen LogP contribution in [0.3, 0.4) is 0 Å². The Morgan fingerprint density at radius 2 is 2.00 bits per heavy atom. The molecule has 0 spiro atoms. The Kier molecular flexibility index (Phi) is 3.77. The second-order valence-corrected chi connectivity index (χ2v) is 4.21. The number of hydrogen-bond acceptors (Lipinski definition) is 1. The smallest absolute Gasteiger partial charge is 0.320 e. The van der Waals surface area contributed by atoms with Gasteiger partial charge in [0.2, 0.25) is 0 Å². The SMILES string of the molecule is CC/C=C/C1(C)CN(CC)C(=O)N1CC. The van der Waals surface area contributed by atoms with Gasteiger partial charge in [-0.3, -0.25) is 0 Å². The molecule has 1 atom stereocenters. The summed E-state index contributed by atoms with van der Waals surface area (Å²) in [5, 5.41) is 0. The molecule has 0 bridgehead atoms. The van der Waals surface area contributed by atoms with Gasteiger partial charge in [-0.2, -0.15) is 0 Å². The average molecular weight is 210 g/mol. The Balaban J connectivity index is 2.89. The summed E-state index contributed by atoms with van der Waals surface area (Å²) in [4.78, 5) is 15.8. The molecule has 1 rings (SSSR count). The molecule has 0 radical (unpaired) electrons. The first kappa shape index (κ1) is 12.1. The molecule has 1 aliphatic rings. The van der Waals surface area contributed by atoms with Gasteiger partial charge in [0.05, 0.1) is 5.54 Å². The maximum absolute atomic E-state index is 12.0. The molecule has 1 aliphatic heterocycles. The fraction of sp³-hybridized carbons (Fsp3) is 0.750. The molecular formula is C12H22N2O. The molecule has 1 heterocycles. The van der Waals surface area contributed by atoms with Crippen LogP contribution >= 0.6 is 0 Å². The summed E-state index contributed by atoms with van der Waals surface area (Å²) < 4.78 is 0. The molecule has 86 valence electrons. The van der Waals surface area contributed by atoms with E-state index in [0.717, 1.165) is 26.1 Å². The van der Waals surface area contributed by atoms with Crippen molar-refractivity contribution in [2.45, 2.75) is 39.7 Å². The normalized spacial score (nSPS) is 27.1. The summed E-state index contributed by atoms with van der Waals surface area (Å²) in [6, 6.07) is 0.170. The number of allylic oxidation sites excluding steroid dienone is 1. The fourth-order valence-corrected chi connectivity index (χ4v) is 2.19. The minimum absolute atomic E-state index is 0.113. The third kappa shape index (κ3) is 2.16. The van der Waals surface area contributed by atoms with Crippen LogP contribution in [0.2, 0.25) is 0 Å². The second-order valence-electron chi connectivity index (χ2n) is 4.21. The van der Waals surface area contributed by atoms with Crippen LogP contribution in [0.5, 0.6) is 0 Å². The van der Waals surface area contributed by atoms with Crippen LogP contribution in [0, 0.1) is 0 Å². The van der Waals surface area contributed by atoms with E-state index in [2.05, 4.69) is 26.0 Å². The summed E-state index contributed by atoms with van der Waals surface area (Å²) in [5.41, 5.74) is -0.113.